The van der Waals surface area contributed by atoms with Crippen LogP contribution in [-0.2, 0) is 9.53 Å². The van der Waals surface area contributed by atoms with Crippen LogP contribution in [0.5, 0.6) is 5.75 Å². The number of rotatable bonds is 4. The molecule has 1 aromatic rings. The second-order valence-electron chi connectivity index (χ2n) is 3.28. The lowest BCUT2D eigenvalue weighted by Gasteiger charge is -2.04. The highest BCUT2D eigenvalue weighted by Gasteiger charge is 2.10. The van der Waals surface area contributed by atoms with Gasteiger partial charge in [0.05, 0.1) is 18.7 Å². The summed E-state index contributed by atoms with van der Waals surface area (Å²) in [7, 11) is 1.51. The van der Waals surface area contributed by atoms with E-state index in [9.17, 15) is 4.79 Å². The number of carbonyl (C=O) groups excluding carboxylic acids is 1. The molecule has 5 heteroatoms. The molecule has 18 heavy (non-hydrogen) atoms. The molecule has 0 heterocycles. The normalized spacial score (nSPS) is 10.7. The van der Waals surface area contributed by atoms with Gasteiger partial charge in [-0.25, -0.2) is 4.79 Å². The first-order chi connectivity index (χ1) is 8.62. The molecular weight excluding hydrogens is 254 g/mol. The number of nitriles is 1. The lowest BCUT2D eigenvalue weighted by Crippen LogP contribution is -2.05. The van der Waals surface area contributed by atoms with E-state index in [0.717, 1.165) is 0 Å². The minimum atomic E-state index is -0.646. The number of nitrogens with zero attached hydrogens (tertiary/aromatic N) is 1. The predicted molar refractivity (Wildman–Crippen MR) is 68.2 cm³/mol. The Hall–Kier alpha value is -1.99. The zero-order valence-corrected chi connectivity index (χ0v) is 10.8. The minimum absolute atomic E-state index is 0.0712. The van der Waals surface area contributed by atoms with Crippen molar-refractivity contribution in [3.05, 3.63) is 34.4 Å². The van der Waals surface area contributed by atoms with Crippen molar-refractivity contribution in [2.24, 2.45) is 0 Å². The van der Waals surface area contributed by atoms with E-state index < -0.39 is 5.97 Å². The molecular formula is C13H12ClNO3. The standard InChI is InChI=1S/C13H12ClNO3/c1-3-18-13(16)10(8-15)6-9-4-5-12(17-2)11(14)7-9/h4-7H,3H2,1-2H3. The van der Waals surface area contributed by atoms with Gasteiger partial charge < -0.3 is 9.47 Å². The van der Waals surface area contributed by atoms with E-state index >= 15 is 0 Å². The Morgan fingerprint density at radius 2 is 2.28 bits per heavy atom. The number of carbonyl (C=O) groups is 1. The first-order valence-electron chi connectivity index (χ1n) is 5.24. The number of halogens is 1. The Balaban J connectivity index is 3.04. The summed E-state index contributed by atoms with van der Waals surface area (Å²) in [5.74, 6) is -0.115. The molecule has 0 radical (unpaired) electrons. The zero-order valence-electron chi connectivity index (χ0n) is 10.1. The molecule has 0 amide bonds. The largest absolute Gasteiger partial charge is 0.495 e. The van der Waals surface area contributed by atoms with Crippen LogP contribution in [0.2, 0.25) is 5.02 Å². The number of benzene rings is 1. The van der Waals surface area contributed by atoms with Crippen LogP contribution in [0.4, 0.5) is 0 Å². The van der Waals surface area contributed by atoms with Crippen molar-refractivity contribution in [1.29, 1.82) is 5.26 Å². The molecule has 0 aliphatic heterocycles. The highest BCUT2D eigenvalue weighted by atomic mass is 35.5. The number of hydrogen-bond donors (Lipinski definition) is 0. The van der Waals surface area contributed by atoms with Gasteiger partial charge in [0, 0.05) is 0 Å². The van der Waals surface area contributed by atoms with Crippen LogP contribution in [-0.4, -0.2) is 19.7 Å². The monoisotopic (exact) mass is 265 g/mol. The average Bonchev–Trinajstić information content (AvgIpc) is 2.36. The first kappa shape index (κ1) is 14.1. The summed E-state index contributed by atoms with van der Waals surface area (Å²) in [5.41, 5.74) is 0.559. The summed E-state index contributed by atoms with van der Waals surface area (Å²) in [6.07, 6.45) is 1.42. The molecule has 0 aliphatic carbocycles. The molecule has 0 N–H and O–H groups in total. The molecule has 0 spiro atoms. The van der Waals surface area contributed by atoms with Crippen molar-refractivity contribution in [3.63, 3.8) is 0 Å². The SMILES string of the molecule is CCOC(=O)C(C#N)=Cc1ccc(OC)c(Cl)c1. The summed E-state index contributed by atoms with van der Waals surface area (Å²) < 4.78 is 9.76. The molecule has 94 valence electrons. The van der Waals surface area contributed by atoms with Gasteiger partial charge in [-0.1, -0.05) is 17.7 Å². The van der Waals surface area contributed by atoms with Gasteiger partial charge in [0.25, 0.3) is 0 Å². The van der Waals surface area contributed by atoms with Gasteiger partial charge in [-0.15, -0.1) is 0 Å². The van der Waals surface area contributed by atoms with Crippen LogP contribution in [0.25, 0.3) is 6.08 Å². The summed E-state index contributed by atoms with van der Waals surface area (Å²) in [4.78, 5) is 11.4. The molecule has 1 aromatic carbocycles. The minimum Gasteiger partial charge on any atom is -0.495 e. The van der Waals surface area contributed by atoms with E-state index in [0.29, 0.717) is 16.3 Å². The summed E-state index contributed by atoms with van der Waals surface area (Å²) in [5, 5.41) is 9.29. The lowest BCUT2D eigenvalue weighted by atomic mass is 10.1. The smallest absolute Gasteiger partial charge is 0.348 e. The fraction of sp³-hybridized carbons (Fsp3) is 0.231. The van der Waals surface area contributed by atoms with Crippen molar-refractivity contribution in [2.75, 3.05) is 13.7 Å². The molecule has 1 rings (SSSR count). The zero-order chi connectivity index (χ0) is 13.5. The van der Waals surface area contributed by atoms with Gasteiger partial charge in [-0.05, 0) is 30.7 Å². The van der Waals surface area contributed by atoms with Gasteiger partial charge in [0.2, 0.25) is 0 Å². The molecule has 0 atom stereocenters. The maximum Gasteiger partial charge on any atom is 0.348 e. The van der Waals surface area contributed by atoms with Gasteiger partial charge >= 0.3 is 5.97 Å². The number of esters is 1. The third kappa shape index (κ3) is 3.51. The lowest BCUT2D eigenvalue weighted by molar-refractivity contribution is -0.137. The molecule has 0 saturated heterocycles. The Kier molecular flexibility index (Phi) is 5.22. The molecule has 0 saturated carbocycles. The van der Waals surface area contributed by atoms with Gasteiger partial charge in [-0.2, -0.15) is 5.26 Å². The van der Waals surface area contributed by atoms with Crippen molar-refractivity contribution in [1.82, 2.24) is 0 Å². The van der Waals surface area contributed by atoms with Crippen LogP contribution < -0.4 is 4.74 Å². The summed E-state index contributed by atoms with van der Waals surface area (Å²) >= 11 is 5.94. The van der Waals surface area contributed by atoms with Crippen molar-refractivity contribution < 1.29 is 14.3 Å². The Bertz CT molecular complexity index is 517. The summed E-state index contributed by atoms with van der Waals surface area (Å²) in [6, 6.07) is 6.76. The highest BCUT2D eigenvalue weighted by Crippen LogP contribution is 2.25. The first-order valence-corrected chi connectivity index (χ1v) is 5.62. The molecule has 0 unspecified atom stereocenters. The highest BCUT2D eigenvalue weighted by molar-refractivity contribution is 6.32. The van der Waals surface area contributed by atoms with Gasteiger partial charge in [0.1, 0.15) is 17.4 Å². The van der Waals surface area contributed by atoms with Crippen LogP contribution in [0.1, 0.15) is 12.5 Å². The maximum atomic E-state index is 11.4. The van der Waals surface area contributed by atoms with E-state index in [2.05, 4.69) is 0 Å². The molecule has 0 aliphatic rings. The fourth-order valence-electron chi connectivity index (χ4n) is 1.28. The van der Waals surface area contributed by atoms with E-state index in [1.165, 1.54) is 13.2 Å². The molecule has 0 bridgehead atoms. The van der Waals surface area contributed by atoms with Crippen molar-refractivity contribution in [3.8, 4) is 11.8 Å². The Morgan fingerprint density at radius 1 is 1.56 bits per heavy atom. The number of hydrogen-bond acceptors (Lipinski definition) is 4. The van der Waals surface area contributed by atoms with E-state index in [1.807, 2.05) is 0 Å². The van der Waals surface area contributed by atoms with Gasteiger partial charge in [-0.3, -0.25) is 0 Å². The van der Waals surface area contributed by atoms with Crippen LogP contribution in [0.15, 0.2) is 23.8 Å². The van der Waals surface area contributed by atoms with Crippen LogP contribution >= 0.6 is 11.6 Å². The van der Waals surface area contributed by atoms with Crippen molar-refractivity contribution in [2.45, 2.75) is 6.92 Å². The van der Waals surface area contributed by atoms with Crippen LogP contribution in [0, 0.1) is 11.3 Å². The second-order valence-corrected chi connectivity index (χ2v) is 3.69. The van der Waals surface area contributed by atoms with Gasteiger partial charge in [0.15, 0.2) is 0 Å². The fourth-order valence-corrected chi connectivity index (χ4v) is 1.55. The molecule has 0 fully saturated rings. The van der Waals surface area contributed by atoms with E-state index in [1.54, 1.807) is 31.2 Å². The topological polar surface area (TPSA) is 59.3 Å². The third-order valence-corrected chi connectivity index (χ3v) is 2.40. The Labute approximate surface area is 110 Å². The number of methoxy groups -OCH3 is 1. The van der Waals surface area contributed by atoms with Crippen molar-refractivity contribution >= 4 is 23.6 Å². The molecule has 0 aromatic heterocycles. The predicted octanol–water partition coefficient (Wildman–Crippen LogP) is 2.82. The Morgan fingerprint density at radius 3 is 2.78 bits per heavy atom. The van der Waals surface area contributed by atoms with Crippen LogP contribution in [0.3, 0.4) is 0 Å². The number of ether oxygens (including phenoxy) is 2. The third-order valence-electron chi connectivity index (χ3n) is 2.10. The second kappa shape index (κ2) is 6.67. The van der Waals surface area contributed by atoms with E-state index in [-0.39, 0.29) is 12.2 Å². The molecule has 4 nitrogen and oxygen atoms in total. The quantitative estimate of drug-likeness (QED) is 0.477. The average molecular weight is 266 g/mol. The van der Waals surface area contributed by atoms with E-state index in [4.69, 9.17) is 26.3 Å². The maximum absolute atomic E-state index is 11.4. The summed E-state index contributed by atoms with van der Waals surface area (Å²) in [6.45, 7) is 1.90.